The number of nitrogens with zero attached hydrogens (tertiary/aromatic N) is 6. The molecule has 3 aromatic heterocycles. The van der Waals surface area contributed by atoms with E-state index in [1.165, 1.54) is 0 Å². The topological polar surface area (TPSA) is 46.2 Å². The average Bonchev–Trinajstić information content (AvgIpc) is 4.28. The van der Waals surface area contributed by atoms with Gasteiger partial charge < -0.3 is 18.6 Å². The number of rotatable bonds is 5. The van der Waals surface area contributed by atoms with Crippen molar-refractivity contribution in [3.05, 3.63) is 254 Å². The van der Waals surface area contributed by atoms with E-state index in [1.807, 2.05) is 6.07 Å². The summed E-state index contributed by atoms with van der Waals surface area (Å²) < 4.78 is 7.00. The van der Waals surface area contributed by atoms with Gasteiger partial charge in [-0.15, -0.1) is 0 Å². The van der Waals surface area contributed by atoms with Crippen LogP contribution in [0.15, 0.2) is 237 Å². The third-order valence-corrected chi connectivity index (χ3v) is 16.0. The van der Waals surface area contributed by atoms with Gasteiger partial charge in [0.2, 0.25) is 5.69 Å². The van der Waals surface area contributed by atoms with Gasteiger partial charge in [-0.2, -0.15) is 5.26 Å². The van der Waals surface area contributed by atoms with Crippen LogP contribution in [0.25, 0.3) is 110 Å². The highest BCUT2D eigenvalue weighted by Crippen LogP contribution is 2.51. The molecule has 0 aliphatic carbocycles. The smallest absolute Gasteiger partial charge is 0.250 e. The second-order valence-corrected chi connectivity index (χ2v) is 19.8. The standard InChI is InChI=1S/C68H39BN6/c1-71-64-67(54(41-70)66-63-68(64)75-59-34-17-11-26-48(59)51-29-19-31-56(65(51)75)69(63)55-30-14-18-35-60(55)73(66)46-24-9-4-10-25-46)74-58-33-16-13-28-50(58)53-39-61-52(40-62(53)74)49-27-12-15-32-57(49)72(61)47-37-44(42-20-5-2-6-21-42)36-45(38-47)43-22-7-3-8-23-43/h2-40H. The van der Waals surface area contributed by atoms with Crippen LogP contribution in [-0.2, 0) is 0 Å². The van der Waals surface area contributed by atoms with Crippen molar-refractivity contribution in [2.45, 2.75) is 0 Å². The highest BCUT2D eigenvalue weighted by atomic mass is 15.2. The van der Waals surface area contributed by atoms with E-state index in [4.69, 9.17) is 0 Å². The Kier molecular flexibility index (Phi) is 8.58. The molecule has 0 spiro atoms. The fourth-order valence-electron chi connectivity index (χ4n) is 13.1. The first kappa shape index (κ1) is 41.3. The van der Waals surface area contributed by atoms with Crippen molar-refractivity contribution in [3.63, 3.8) is 0 Å². The molecule has 0 radical (unpaired) electrons. The summed E-state index contributed by atoms with van der Waals surface area (Å²) in [5, 5.41) is 18.6. The predicted octanol–water partition coefficient (Wildman–Crippen LogP) is 15.3. The zero-order chi connectivity index (χ0) is 49.5. The lowest BCUT2D eigenvalue weighted by atomic mass is 9.33. The van der Waals surface area contributed by atoms with E-state index in [-0.39, 0.29) is 6.71 Å². The second kappa shape index (κ2) is 15.6. The first-order chi connectivity index (χ1) is 37.2. The summed E-state index contributed by atoms with van der Waals surface area (Å²) in [4.78, 5) is 6.94. The average molecular weight is 951 g/mol. The molecule has 0 atom stereocenters. The molecule has 2 aliphatic rings. The molecule has 6 nitrogen and oxygen atoms in total. The number of fused-ring (bicyclic) bond motifs is 13. The first-order valence-corrected chi connectivity index (χ1v) is 25.4. The minimum atomic E-state index is -0.250. The third kappa shape index (κ3) is 5.61. The summed E-state index contributed by atoms with van der Waals surface area (Å²) in [6.45, 7) is 9.24. The fraction of sp³-hybridized carbons (Fsp3) is 0. The fourth-order valence-corrected chi connectivity index (χ4v) is 13.1. The van der Waals surface area contributed by atoms with Gasteiger partial charge in [0.25, 0.3) is 6.71 Å². The Labute approximate surface area is 431 Å². The highest BCUT2D eigenvalue weighted by molar-refractivity contribution is 7.00. The maximum Gasteiger partial charge on any atom is 0.250 e. The van der Waals surface area contributed by atoms with Gasteiger partial charge in [0.1, 0.15) is 6.07 Å². The minimum absolute atomic E-state index is 0.250. The van der Waals surface area contributed by atoms with E-state index in [2.05, 4.69) is 260 Å². The van der Waals surface area contributed by atoms with Crippen LogP contribution in [0, 0.1) is 17.9 Å². The summed E-state index contributed by atoms with van der Waals surface area (Å²) in [5.74, 6) is 0. The molecular weight excluding hydrogens is 912 g/mol. The van der Waals surface area contributed by atoms with E-state index >= 15 is 0 Å². The normalized spacial score (nSPS) is 12.5. The van der Waals surface area contributed by atoms with Crippen molar-refractivity contribution in [1.29, 1.82) is 5.26 Å². The van der Waals surface area contributed by atoms with Crippen LogP contribution in [0.2, 0.25) is 0 Å². The zero-order valence-electron chi connectivity index (χ0n) is 40.3. The van der Waals surface area contributed by atoms with Gasteiger partial charge in [0.05, 0.1) is 56.8 Å². The maximum atomic E-state index is 12.1. The second-order valence-electron chi connectivity index (χ2n) is 19.8. The molecule has 0 saturated heterocycles. The van der Waals surface area contributed by atoms with Crippen molar-refractivity contribution in [2.24, 2.45) is 0 Å². The van der Waals surface area contributed by atoms with Crippen LogP contribution in [0.1, 0.15) is 5.56 Å². The largest absolute Gasteiger partial charge is 0.320 e. The Morgan fingerprint density at radius 1 is 0.387 bits per heavy atom. The molecule has 0 amide bonds. The number of hydrogen-bond acceptors (Lipinski definition) is 2. The Bertz CT molecular complexity index is 4800. The van der Waals surface area contributed by atoms with Crippen molar-refractivity contribution >= 4 is 111 Å². The third-order valence-electron chi connectivity index (χ3n) is 16.0. The lowest BCUT2D eigenvalue weighted by Crippen LogP contribution is -2.60. The van der Waals surface area contributed by atoms with E-state index in [0.29, 0.717) is 16.9 Å². The summed E-state index contributed by atoms with van der Waals surface area (Å²) in [6, 6.07) is 87.0. The van der Waals surface area contributed by atoms with E-state index in [0.717, 1.165) is 132 Å². The summed E-state index contributed by atoms with van der Waals surface area (Å²) in [7, 11) is 0. The molecule has 7 heteroatoms. The molecule has 0 saturated carbocycles. The van der Waals surface area contributed by atoms with Crippen LogP contribution in [0.4, 0.5) is 22.7 Å². The Morgan fingerprint density at radius 3 is 1.52 bits per heavy atom. The van der Waals surface area contributed by atoms with Crippen LogP contribution in [-0.4, -0.2) is 20.4 Å². The number of aromatic nitrogens is 3. The maximum absolute atomic E-state index is 12.1. The molecule has 2 aliphatic heterocycles. The Morgan fingerprint density at radius 2 is 0.893 bits per heavy atom. The lowest BCUT2D eigenvalue weighted by Gasteiger charge is -2.42. The summed E-state index contributed by atoms with van der Waals surface area (Å²) >= 11 is 0. The van der Waals surface area contributed by atoms with Gasteiger partial charge in [-0.05, 0) is 105 Å². The Balaban J connectivity index is 1.06. The first-order valence-electron chi connectivity index (χ1n) is 25.4. The molecule has 0 N–H and O–H groups in total. The van der Waals surface area contributed by atoms with Gasteiger partial charge in [-0.1, -0.05) is 170 Å². The number of hydrogen-bond donors (Lipinski definition) is 0. The molecule has 0 unspecified atom stereocenters. The molecule has 16 rings (SSSR count). The van der Waals surface area contributed by atoms with Crippen molar-refractivity contribution in [2.75, 3.05) is 4.90 Å². The van der Waals surface area contributed by atoms with Crippen molar-refractivity contribution < 1.29 is 0 Å². The molecule has 0 bridgehead atoms. The number of nitriles is 1. The minimum Gasteiger partial charge on any atom is -0.320 e. The summed E-state index contributed by atoms with van der Waals surface area (Å²) in [5.41, 5.74) is 20.0. The highest BCUT2D eigenvalue weighted by Gasteiger charge is 2.46. The van der Waals surface area contributed by atoms with Crippen LogP contribution in [0.3, 0.4) is 0 Å². The zero-order valence-corrected chi connectivity index (χ0v) is 40.3. The number of benzene rings is 11. The van der Waals surface area contributed by atoms with Crippen LogP contribution < -0.4 is 21.3 Å². The van der Waals surface area contributed by atoms with Gasteiger partial charge in [0.15, 0.2) is 0 Å². The van der Waals surface area contributed by atoms with Gasteiger partial charge in [-0.25, -0.2) is 4.85 Å². The van der Waals surface area contributed by atoms with Crippen molar-refractivity contribution in [3.8, 4) is 45.4 Å². The van der Waals surface area contributed by atoms with E-state index in [1.54, 1.807) is 0 Å². The number of para-hydroxylation sites is 6. The van der Waals surface area contributed by atoms with E-state index in [9.17, 15) is 11.8 Å². The predicted molar refractivity (Wildman–Crippen MR) is 311 cm³/mol. The van der Waals surface area contributed by atoms with Gasteiger partial charge in [0, 0.05) is 54.9 Å². The quantitative estimate of drug-likeness (QED) is 0.127. The Hall–Kier alpha value is -10.3. The lowest BCUT2D eigenvalue weighted by molar-refractivity contribution is 1.13. The van der Waals surface area contributed by atoms with E-state index < -0.39 is 0 Å². The van der Waals surface area contributed by atoms with Gasteiger partial charge in [-0.3, -0.25) is 0 Å². The molecule has 5 heterocycles. The molecule has 11 aromatic carbocycles. The SMILES string of the molecule is [C-]#[N+]c1c(-n2c3ccccc3c3cc4c(cc32)c2ccccc2n4-c2cc(-c3ccccc3)cc(-c3ccccc3)c2)c(C#N)c2c3c1-n1c4ccccc4c4cccc(c41)B3c1ccccc1N2c1ccccc1. The number of anilines is 3. The molecule has 344 valence electrons. The molecule has 14 aromatic rings. The molecule has 75 heavy (non-hydrogen) atoms. The van der Waals surface area contributed by atoms with Gasteiger partial charge >= 0.3 is 0 Å². The summed E-state index contributed by atoms with van der Waals surface area (Å²) in [6.07, 6.45) is 0. The van der Waals surface area contributed by atoms with Crippen LogP contribution >= 0.6 is 0 Å². The van der Waals surface area contributed by atoms with Crippen molar-refractivity contribution in [1.82, 2.24) is 13.7 Å². The molecule has 0 fully saturated rings. The van der Waals surface area contributed by atoms with Crippen LogP contribution in [0.5, 0.6) is 0 Å². The monoisotopic (exact) mass is 950 g/mol. The molecular formula is C68H39BN6.